The number of nitrogens with one attached hydrogen (secondary N) is 1. The molecule has 7 nitrogen and oxygen atoms in total. The zero-order chi connectivity index (χ0) is 17.1. The number of aryl methyl sites for hydroxylation is 2. The maximum absolute atomic E-state index is 12.4. The molecule has 2 aromatic heterocycles. The Bertz CT molecular complexity index is 708. The van der Waals surface area contributed by atoms with E-state index in [1.807, 2.05) is 6.92 Å². The van der Waals surface area contributed by atoms with E-state index in [0.717, 1.165) is 24.5 Å². The average Bonchev–Trinajstić information content (AvgIpc) is 2.94. The van der Waals surface area contributed by atoms with Crippen LogP contribution in [0, 0.1) is 12.8 Å². The SMILES string of the molecule is Cc1nnc2n1CC(NC(=O)c1ccc(OCC(C)C)nc1)CC2. The van der Waals surface area contributed by atoms with Crippen molar-refractivity contribution in [2.75, 3.05) is 6.61 Å². The zero-order valence-corrected chi connectivity index (χ0v) is 14.3. The van der Waals surface area contributed by atoms with Crippen LogP contribution in [0.3, 0.4) is 0 Å². The van der Waals surface area contributed by atoms with E-state index in [1.54, 1.807) is 18.3 Å². The molecule has 24 heavy (non-hydrogen) atoms. The van der Waals surface area contributed by atoms with Crippen molar-refractivity contribution in [3.8, 4) is 5.88 Å². The second-order valence-electron chi connectivity index (χ2n) is 6.57. The Labute approximate surface area is 141 Å². The molecule has 0 fully saturated rings. The number of pyridine rings is 1. The Kier molecular flexibility index (Phi) is 4.78. The minimum Gasteiger partial charge on any atom is -0.477 e. The molecule has 128 valence electrons. The molecule has 3 rings (SSSR count). The first-order chi connectivity index (χ1) is 11.5. The molecular formula is C17H23N5O2. The van der Waals surface area contributed by atoms with Crippen molar-refractivity contribution >= 4 is 5.91 Å². The fourth-order valence-electron chi connectivity index (χ4n) is 2.70. The molecule has 7 heteroatoms. The van der Waals surface area contributed by atoms with Crippen molar-refractivity contribution in [3.63, 3.8) is 0 Å². The Morgan fingerprint density at radius 2 is 2.25 bits per heavy atom. The van der Waals surface area contributed by atoms with Gasteiger partial charge in [-0.25, -0.2) is 4.98 Å². The van der Waals surface area contributed by atoms with E-state index in [2.05, 4.69) is 38.9 Å². The van der Waals surface area contributed by atoms with Gasteiger partial charge in [0, 0.05) is 31.3 Å². The largest absolute Gasteiger partial charge is 0.477 e. The van der Waals surface area contributed by atoms with E-state index < -0.39 is 0 Å². The standard InChI is InChI=1S/C17H23N5O2/c1-11(2)10-24-16-7-4-13(8-18-16)17(23)19-14-5-6-15-21-20-12(3)22(15)9-14/h4,7-8,11,14H,5-6,9-10H2,1-3H3,(H,19,23). The van der Waals surface area contributed by atoms with E-state index in [4.69, 9.17) is 4.74 Å². The fourth-order valence-corrected chi connectivity index (χ4v) is 2.70. The lowest BCUT2D eigenvalue weighted by atomic mass is 10.1. The van der Waals surface area contributed by atoms with Crippen molar-refractivity contribution < 1.29 is 9.53 Å². The van der Waals surface area contributed by atoms with Crippen molar-refractivity contribution in [1.29, 1.82) is 0 Å². The highest BCUT2D eigenvalue weighted by molar-refractivity contribution is 5.94. The van der Waals surface area contributed by atoms with Gasteiger partial charge in [0.05, 0.1) is 12.2 Å². The van der Waals surface area contributed by atoms with E-state index in [1.165, 1.54) is 0 Å². The van der Waals surface area contributed by atoms with Crippen molar-refractivity contribution in [2.24, 2.45) is 5.92 Å². The molecule has 2 aromatic rings. The summed E-state index contributed by atoms with van der Waals surface area (Å²) in [6.07, 6.45) is 3.25. The van der Waals surface area contributed by atoms with Crippen molar-refractivity contribution in [3.05, 3.63) is 35.5 Å². The minimum absolute atomic E-state index is 0.0802. The number of ether oxygens (including phenoxy) is 1. The predicted molar refractivity (Wildman–Crippen MR) is 88.9 cm³/mol. The summed E-state index contributed by atoms with van der Waals surface area (Å²) in [5.74, 6) is 2.75. The number of fused-ring (bicyclic) bond motifs is 1. The van der Waals surface area contributed by atoms with Gasteiger partial charge in [-0.05, 0) is 25.3 Å². The number of carbonyl (C=O) groups is 1. The van der Waals surface area contributed by atoms with E-state index in [0.29, 0.717) is 30.5 Å². The maximum Gasteiger partial charge on any atom is 0.253 e. The van der Waals surface area contributed by atoms with E-state index >= 15 is 0 Å². The quantitative estimate of drug-likeness (QED) is 0.904. The fraction of sp³-hybridized carbons (Fsp3) is 0.529. The van der Waals surface area contributed by atoms with Gasteiger partial charge >= 0.3 is 0 Å². The van der Waals surface area contributed by atoms with E-state index in [-0.39, 0.29) is 11.9 Å². The summed E-state index contributed by atoms with van der Waals surface area (Å²) < 4.78 is 7.60. The molecule has 1 aliphatic heterocycles. The smallest absolute Gasteiger partial charge is 0.253 e. The highest BCUT2D eigenvalue weighted by Crippen LogP contribution is 2.15. The Balaban J connectivity index is 1.58. The summed E-state index contributed by atoms with van der Waals surface area (Å²) in [6.45, 7) is 7.41. The number of amides is 1. The van der Waals surface area contributed by atoms with Crippen LogP contribution < -0.4 is 10.1 Å². The number of nitrogens with zero attached hydrogens (tertiary/aromatic N) is 4. The molecule has 1 unspecified atom stereocenters. The lowest BCUT2D eigenvalue weighted by Crippen LogP contribution is -2.41. The third-order valence-corrected chi connectivity index (χ3v) is 4.03. The molecule has 0 saturated heterocycles. The summed E-state index contributed by atoms with van der Waals surface area (Å²) in [4.78, 5) is 16.6. The van der Waals surface area contributed by atoms with Crippen LogP contribution in [0.25, 0.3) is 0 Å². The zero-order valence-electron chi connectivity index (χ0n) is 14.3. The van der Waals surface area contributed by atoms with Crippen molar-refractivity contribution in [1.82, 2.24) is 25.1 Å². The second kappa shape index (κ2) is 6.98. The van der Waals surface area contributed by atoms with Gasteiger partial charge in [0.15, 0.2) is 0 Å². The van der Waals surface area contributed by atoms with Crippen LogP contribution >= 0.6 is 0 Å². The molecule has 0 aliphatic carbocycles. The number of rotatable bonds is 5. The minimum atomic E-state index is -0.114. The number of carbonyl (C=O) groups excluding carboxylic acids is 1. The van der Waals surface area contributed by atoms with Crippen LogP contribution in [0.15, 0.2) is 18.3 Å². The predicted octanol–water partition coefficient (Wildman–Crippen LogP) is 1.76. The first-order valence-corrected chi connectivity index (χ1v) is 8.31. The normalized spacial score (nSPS) is 16.8. The van der Waals surface area contributed by atoms with Crippen LogP contribution in [-0.4, -0.2) is 38.3 Å². The topological polar surface area (TPSA) is 81.9 Å². The molecule has 1 aliphatic rings. The summed E-state index contributed by atoms with van der Waals surface area (Å²) in [5, 5.41) is 11.3. The molecular weight excluding hydrogens is 306 g/mol. The van der Waals surface area contributed by atoms with Gasteiger partial charge < -0.3 is 14.6 Å². The number of hydrogen-bond donors (Lipinski definition) is 1. The lowest BCUT2D eigenvalue weighted by Gasteiger charge is -2.24. The van der Waals surface area contributed by atoms with Gasteiger partial charge in [-0.15, -0.1) is 10.2 Å². The molecule has 3 heterocycles. The summed E-state index contributed by atoms with van der Waals surface area (Å²) in [7, 11) is 0. The van der Waals surface area contributed by atoms with Gasteiger partial charge in [0.1, 0.15) is 11.6 Å². The molecule has 1 N–H and O–H groups in total. The molecule has 0 bridgehead atoms. The second-order valence-corrected chi connectivity index (χ2v) is 6.57. The van der Waals surface area contributed by atoms with Gasteiger partial charge in [0.2, 0.25) is 5.88 Å². The van der Waals surface area contributed by atoms with Crippen LogP contribution in [-0.2, 0) is 13.0 Å². The molecule has 0 saturated carbocycles. The van der Waals surface area contributed by atoms with E-state index in [9.17, 15) is 4.79 Å². The molecule has 1 atom stereocenters. The Hall–Kier alpha value is -2.44. The maximum atomic E-state index is 12.4. The Morgan fingerprint density at radius 3 is 2.96 bits per heavy atom. The van der Waals surface area contributed by atoms with Gasteiger partial charge in [0.25, 0.3) is 5.91 Å². The highest BCUT2D eigenvalue weighted by Gasteiger charge is 2.23. The monoisotopic (exact) mass is 329 g/mol. The third-order valence-electron chi connectivity index (χ3n) is 4.03. The van der Waals surface area contributed by atoms with Crippen LogP contribution in [0.4, 0.5) is 0 Å². The van der Waals surface area contributed by atoms with Crippen LogP contribution in [0.5, 0.6) is 5.88 Å². The lowest BCUT2D eigenvalue weighted by molar-refractivity contribution is 0.0927. The van der Waals surface area contributed by atoms with Crippen LogP contribution in [0.2, 0.25) is 0 Å². The summed E-state index contributed by atoms with van der Waals surface area (Å²) >= 11 is 0. The number of aromatic nitrogens is 4. The average molecular weight is 329 g/mol. The van der Waals surface area contributed by atoms with Gasteiger partial charge in [-0.3, -0.25) is 4.79 Å². The van der Waals surface area contributed by atoms with Gasteiger partial charge in [-0.1, -0.05) is 13.8 Å². The molecule has 0 aromatic carbocycles. The summed E-state index contributed by atoms with van der Waals surface area (Å²) in [6, 6.07) is 3.56. The van der Waals surface area contributed by atoms with Crippen LogP contribution in [0.1, 0.15) is 42.3 Å². The molecule has 1 amide bonds. The summed E-state index contributed by atoms with van der Waals surface area (Å²) in [5.41, 5.74) is 0.540. The molecule has 0 radical (unpaired) electrons. The first kappa shape index (κ1) is 16.4. The first-order valence-electron chi connectivity index (χ1n) is 8.31. The van der Waals surface area contributed by atoms with Crippen molar-refractivity contribution in [2.45, 2.75) is 46.2 Å². The third kappa shape index (κ3) is 3.72. The number of hydrogen-bond acceptors (Lipinski definition) is 5. The Morgan fingerprint density at radius 1 is 1.42 bits per heavy atom. The highest BCUT2D eigenvalue weighted by atomic mass is 16.5. The van der Waals surface area contributed by atoms with Gasteiger partial charge in [-0.2, -0.15) is 0 Å². The molecule has 0 spiro atoms.